The molecular formula is C13H18ClN3O3S. The maximum absolute atomic E-state index is 11.9. The van der Waals surface area contributed by atoms with Crippen molar-refractivity contribution in [2.45, 2.75) is 19.3 Å². The van der Waals surface area contributed by atoms with Gasteiger partial charge in [0.25, 0.3) is 11.6 Å². The molecular weight excluding hydrogens is 314 g/mol. The molecule has 0 saturated heterocycles. The molecule has 0 heterocycles. The van der Waals surface area contributed by atoms with Crippen LogP contribution in [0.5, 0.6) is 0 Å². The second-order valence-corrected chi connectivity index (χ2v) is 5.85. The van der Waals surface area contributed by atoms with Crippen molar-refractivity contribution < 1.29 is 9.72 Å². The monoisotopic (exact) mass is 331 g/mol. The van der Waals surface area contributed by atoms with E-state index in [2.05, 4.69) is 11.6 Å². The zero-order valence-corrected chi connectivity index (χ0v) is 13.3. The summed E-state index contributed by atoms with van der Waals surface area (Å²) < 4.78 is 0. The van der Waals surface area contributed by atoms with Crippen LogP contribution in [-0.4, -0.2) is 29.4 Å². The van der Waals surface area contributed by atoms with Crippen LogP contribution < -0.4 is 11.1 Å². The Labute approximate surface area is 132 Å². The normalized spacial score (nSPS) is 10.4. The van der Waals surface area contributed by atoms with Crippen molar-refractivity contribution in [1.29, 1.82) is 0 Å². The van der Waals surface area contributed by atoms with Crippen molar-refractivity contribution in [3.63, 3.8) is 0 Å². The number of nitrogens with zero attached hydrogens (tertiary/aromatic N) is 1. The minimum Gasteiger partial charge on any atom is -0.392 e. The van der Waals surface area contributed by atoms with Crippen molar-refractivity contribution in [2.75, 3.05) is 24.3 Å². The SMILES string of the molecule is CSCCCCCNC(=O)c1cc(Cl)c(N)c([N+](=O)[O-])c1. The van der Waals surface area contributed by atoms with Crippen molar-refractivity contribution in [3.8, 4) is 0 Å². The van der Waals surface area contributed by atoms with Crippen molar-refractivity contribution in [3.05, 3.63) is 32.8 Å². The number of nitrogen functional groups attached to an aromatic ring is 1. The molecule has 0 saturated carbocycles. The van der Waals surface area contributed by atoms with E-state index in [-0.39, 0.29) is 27.9 Å². The van der Waals surface area contributed by atoms with E-state index in [1.54, 1.807) is 11.8 Å². The molecule has 0 aliphatic heterocycles. The van der Waals surface area contributed by atoms with E-state index in [0.29, 0.717) is 6.54 Å². The van der Waals surface area contributed by atoms with E-state index in [1.165, 1.54) is 6.07 Å². The zero-order valence-electron chi connectivity index (χ0n) is 11.7. The van der Waals surface area contributed by atoms with Gasteiger partial charge >= 0.3 is 0 Å². The minimum absolute atomic E-state index is 0.00863. The Morgan fingerprint density at radius 2 is 2.14 bits per heavy atom. The lowest BCUT2D eigenvalue weighted by Crippen LogP contribution is -2.24. The number of nitrogens with one attached hydrogen (secondary N) is 1. The summed E-state index contributed by atoms with van der Waals surface area (Å²) in [7, 11) is 0. The highest BCUT2D eigenvalue weighted by molar-refractivity contribution is 7.98. The maximum Gasteiger partial charge on any atom is 0.294 e. The lowest BCUT2D eigenvalue weighted by atomic mass is 10.1. The number of nitrogens with two attached hydrogens (primary N) is 1. The van der Waals surface area contributed by atoms with Crippen LogP contribution in [0, 0.1) is 10.1 Å². The molecule has 0 unspecified atom stereocenters. The Balaban J connectivity index is 2.60. The number of carbonyl (C=O) groups is 1. The Hall–Kier alpha value is -1.47. The van der Waals surface area contributed by atoms with Crippen LogP contribution >= 0.6 is 23.4 Å². The third-order valence-corrected chi connectivity index (χ3v) is 3.89. The Bertz CT molecular complexity index is 526. The highest BCUT2D eigenvalue weighted by Crippen LogP contribution is 2.30. The third-order valence-electron chi connectivity index (χ3n) is 2.88. The van der Waals surface area contributed by atoms with E-state index < -0.39 is 4.92 Å². The molecule has 0 aromatic heterocycles. The molecule has 0 spiro atoms. The summed E-state index contributed by atoms with van der Waals surface area (Å²) in [6, 6.07) is 2.48. The molecule has 1 aromatic carbocycles. The summed E-state index contributed by atoms with van der Waals surface area (Å²) in [6.07, 6.45) is 5.07. The number of rotatable bonds is 8. The van der Waals surface area contributed by atoms with Crippen LogP contribution in [0.25, 0.3) is 0 Å². The molecule has 1 rings (SSSR count). The quantitative estimate of drug-likeness (QED) is 0.330. The van der Waals surface area contributed by atoms with Crippen molar-refractivity contribution in [2.24, 2.45) is 0 Å². The first-order valence-corrected chi connectivity index (χ1v) is 8.25. The van der Waals surface area contributed by atoms with E-state index in [9.17, 15) is 14.9 Å². The number of amides is 1. The fourth-order valence-corrected chi connectivity index (χ4v) is 2.44. The molecule has 1 aromatic rings. The lowest BCUT2D eigenvalue weighted by molar-refractivity contribution is -0.383. The zero-order chi connectivity index (χ0) is 15.8. The minimum atomic E-state index is -0.652. The molecule has 0 radical (unpaired) electrons. The van der Waals surface area contributed by atoms with Gasteiger partial charge in [0.15, 0.2) is 0 Å². The fraction of sp³-hybridized carbons (Fsp3) is 0.462. The van der Waals surface area contributed by atoms with E-state index in [1.807, 2.05) is 0 Å². The fourth-order valence-electron chi connectivity index (χ4n) is 1.74. The summed E-state index contributed by atoms with van der Waals surface area (Å²) in [5.41, 5.74) is 5.17. The first-order chi connectivity index (χ1) is 9.97. The smallest absolute Gasteiger partial charge is 0.294 e. The number of nitro groups is 1. The van der Waals surface area contributed by atoms with Crippen LogP contribution in [0.15, 0.2) is 12.1 Å². The summed E-state index contributed by atoms with van der Waals surface area (Å²) in [6.45, 7) is 0.531. The summed E-state index contributed by atoms with van der Waals surface area (Å²) in [5, 5.41) is 13.6. The maximum atomic E-state index is 11.9. The lowest BCUT2D eigenvalue weighted by Gasteiger charge is -2.07. The van der Waals surface area contributed by atoms with Gasteiger partial charge in [-0.3, -0.25) is 14.9 Å². The van der Waals surface area contributed by atoms with Gasteiger partial charge in [0.2, 0.25) is 0 Å². The predicted molar refractivity (Wildman–Crippen MR) is 87.1 cm³/mol. The van der Waals surface area contributed by atoms with Gasteiger partial charge in [-0.15, -0.1) is 0 Å². The van der Waals surface area contributed by atoms with Crippen LogP contribution in [0.4, 0.5) is 11.4 Å². The number of anilines is 1. The topological polar surface area (TPSA) is 98.3 Å². The van der Waals surface area contributed by atoms with E-state index in [0.717, 1.165) is 31.1 Å². The third kappa shape index (κ3) is 5.43. The molecule has 6 nitrogen and oxygen atoms in total. The molecule has 116 valence electrons. The van der Waals surface area contributed by atoms with Gasteiger partial charge in [-0.25, -0.2) is 0 Å². The highest BCUT2D eigenvalue weighted by atomic mass is 35.5. The van der Waals surface area contributed by atoms with Gasteiger partial charge < -0.3 is 11.1 Å². The molecule has 0 bridgehead atoms. The average Bonchev–Trinajstić information content (AvgIpc) is 2.44. The second kappa shape index (κ2) is 8.74. The summed E-state index contributed by atoms with van der Waals surface area (Å²) in [5.74, 6) is 0.720. The molecule has 8 heteroatoms. The highest BCUT2D eigenvalue weighted by Gasteiger charge is 2.19. The predicted octanol–water partition coefficient (Wildman–Crippen LogP) is 3.09. The van der Waals surface area contributed by atoms with Crippen molar-refractivity contribution >= 4 is 40.6 Å². The van der Waals surface area contributed by atoms with Gasteiger partial charge in [-0.2, -0.15) is 11.8 Å². The van der Waals surface area contributed by atoms with Gasteiger partial charge in [0.05, 0.1) is 9.95 Å². The molecule has 0 aliphatic carbocycles. The van der Waals surface area contributed by atoms with Crippen molar-refractivity contribution in [1.82, 2.24) is 5.32 Å². The molecule has 0 fully saturated rings. The summed E-state index contributed by atoms with van der Waals surface area (Å²) >= 11 is 7.61. The first-order valence-electron chi connectivity index (χ1n) is 6.48. The largest absolute Gasteiger partial charge is 0.392 e. The summed E-state index contributed by atoms with van der Waals surface area (Å²) in [4.78, 5) is 22.1. The number of unbranched alkanes of at least 4 members (excludes halogenated alkanes) is 2. The van der Waals surface area contributed by atoms with E-state index >= 15 is 0 Å². The second-order valence-electron chi connectivity index (χ2n) is 4.46. The number of nitro benzene ring substituents is 1. The molecule has 21 heavy (non-hydrogen) atoms. The number of thioether (sulfide) groups is 1. The Kier molecular flexibility index (Phi) is 7.31. The number of halogens is 1. The number of hydrogen-bond donors (Lipinski definition) is 2. The van der Waals surface area contributed by atoms with Gasteiger partial charge in [0, 0.05) is 18.2 Å². The molecule has 3 N–H and O–H groups in total. The first kappa shape index (κ1) is 17.6. The number of carbonyl (C=O) groups excluding carboxylic acids is 1. The van der Waals surface area contributed by atoms with Gasteiger partial charge in [0.1, 0.15) is 5.69 Å². The molecule has 1 amide bonds. The van der Waals surface area contributed by atoms with Crippen LogP contribution in [0.1, 0.15) is 29.6 Å². The Morgan fingerprint density at radius 3 is 2.76 bits per heavy atom. The van der Waals surface area contributed by atoms with Gasteiger partial charge in [-0.1, -0.05) is 18.0 Å². The Morgan fingerprint density at radius 1 is 1.43 bits per heavy atom. The molecule has 0 aliphatic rings. The molecule has 0 atom stereocenters. The van der Waals surface area contributed by atoms with Crippen LogP contribution in [0.2, 0.25) is 5.02 Å². The van der Waals surface area contributed by atoms with Gasteiger partial charge in [-0.05, 0) is 30.9 Å². The van der Waals surface area contributed by atoms with E-state index in [4.69, 9.17) is 17.3 Å². The van der Waals surface area contributed by atoms with Crippen LogP contribution in [-0.2, 0) is 0 Å². The number of hydrogen-bond acceptors (Lipinski definition) is 5. The average molecular weight is 332 g/mol. The number of benzene rings is 1. The van der Waals surface area contributed by atoms with Crippen LogP contribution in [0.3, 0.4) is 0 Å². The standard InChI is InChI=1S/C13H18ClN3O3S/c1-21-6-4-2-3-5-16-13(18)9-7-10(14)12(15)11(8-9)17(19)20/h7-8H,2-6,15H2,1H3,(H,16,18).